The number of methoxy groups -OCH3 is 1. The van der Waals surface area contributed by atoms with Gasteiger partial charge in [0, 0.05) is 25.8 Å². The fourth-order valence-electron chi connectivity index (χ4n) is 2.22. The third-order valence-electron chi connectivity index (χ3n) is 3.63. The summed E-state index contributed by atoms with van der Waals surface area (Å²) in [7, 11) is 0.290. The van der Waals surface area contributed by atoms with Crippen molar-refractivity contribution in [3.63, 3.8) is 0 Å². The summed E-state index contributed by atoms with van der Waals surface area (Å²) in [4.78, 5) is 22.3. The van der Waals surface area contributed by atoms with Crippen molar-refractivity contribution in [2.24, 2.45) is 0 Å². The van der Waals surface area contributed by atoms with E-state index in [0.29, 0.717) is 0 Å². The monoisotopic (exact) mass is 409 g/mol. The van der Waals surface area contributed by atoms with Crippen LogP contribution in [0, 0.1) is 10.1 Å². The van der Waals surface area contributed by atoms with Gasteiger partial charge in [0.05, 0.1) is 12.0 Å². The number of ether oxygens (including phenoxy) is 2. The quantitative estimate of drug-likeness (QED) is 0.521. The van der Waals surface area contributed by atoms with Gasteiger partial charge in [-0.25, -0.2) is 12.7 Å². The number of hydrogen-bond donors (Lipinski definition) is 1. The van der Waals surface area contributed by atoms with Crippen LogP contribution in [0.15, 0.2) is 47.4 Å². The van der Waals surface area contributed by atoms with Gasteiger partial charge in [-0.05, 0) is 24.3 Å². The predicted molar refractivity (Wildman–Crippen MR) is 101 cm³/mol. The standard InChI is InChI=1S/C17H19N3O7S/c1-19(2)28(24,25)16-10-12(8-9-15(16)26-3)18-17(21)11-27-14-7-5-4-6-13(14)20(22)23/h4-10H,11H2,1-3H3,(H,18,21). The maximum absolute atomic E-state index is 12.4. The molecule has 0 atom stereocenters. The van der Waals surface area contributed by atoms with E-state index in [1.807, 2.05) is 0 Å². The zero-order valence-corrected chi connectivity index (χ0v) is 16.2. The van der Waals surface area contributed by atoms with E-state index in [-0.39, 0.29) is 27.8 Å². The molecule has 0 spiro atoms. The molecule has 150 valence electrons. The molecule has 0 aliphatic carbocycles. The Hall–Kier alpha value is -3.18. The Balaban J connectivity index is 2.16. The number of rotatable bonds is 8. The van der Waals surface area contributed by atoms with E-state index >= 15 is 0 Å². The van der Waals surface area contributed by atoms with Crippen molar-refractivity contribution < 1.29 is 27.6 Å². The highest BCUT2D eigenvalue weighted by molar-refractivity contribution is 7.89. The minimum absolute atomic E-state index is 0.0479. The van der Waals surface area contributed by atoms with Gasteiger partial charge in [-0.2, -0.15) is 0 Å². The van der Waals surface area contributed by atoms with Gasteiger partial charge in [-0.3, -0.25) is 14.9 Å². The van der Waals surface area contributed by atoms with Crippen molar-refractivity contribution in [1.29, 1.82) is 0 Å². The number of benzene rings is 2. The Morgan fingerprint density at radius 3 is 2.46 bits per heavy atom. The molecular formula is C17H19N3O7S. The zero-order valence-electron chi connectivity index (χ0n) is 15.4. The second-order valence-corrected chi connectivity index (χ2v) is 7.84. The molecule has 0 aliphatic heterocycles. The molecule has 1 amide bonds. The second kappa shape index (κ2) is 8.67. The molecule has 0 unspecified atom stereocenters. The van der Waals surface area contributed by atoms with Gasteiger partial charge in [0.15, 0.2) is 12.4 Å². The lowest BCUT2D eigenvalue weighted by molar-refractivity contribution is -0.385. The highest BCUT2D eigenvalue weighted by Crippen LogP contribution is 2.29. The summed E-state index contributed by atoms with van der Waals surface area (Å²) in [6.07, 6.45) is 0. The fraction of sp³-hybridized carbons (Fsp3) is 0.235. The molecule has 10 nitrogen and oxygen atoms in total. The van der Waals surface area contributed by atoms with Gasteiger partial charge in [-0.1, -0.05) is 12.1 Å². The average Bonchev–Trinajstić information content (AvgIpc) is 2.66. The van der Waals surface area contributed by atoms with Crippen LogP contribution in [0.5, 0.6) is 11.5 Å². The van der Waals surface area contributed by atoms with Crippen LogP contribution in [0.2, 0.25) is 0 Å². The zero-order chi connectivity index (χ0) is 20.9. The van der Waals surface area contributed by atoms with Gasteiger partial charge in [-0.15, -0.1) is 0 Å². The first kappa shape index (κ1) is 21.1. The Labute approximate surface area is 161 Å². The Morgan fingerprint density at radius 1 is 1.18 bits per heavy atom. The van der Waals surface area contributed by atoms with Crippen molar-refractivity contribution in [1.82, 2.24) is 4.31 Å². The van der Waals surface area contributed by atoms with E-state index in [1.165, 1.54) is 57.6 Å². The summed E-state index contributed by atoms with van der Waals surface area (Å²) in [5.74, 6) is -0.535. The number of anilines is 1. The molecule has 0 heterocycles. The number of hydrogen-bond acceptors (Lipinski definition) is 7. The van der Waals surface area contributed by atoms with Gasteiger partial charge in [0.25, 0.3) is 5.91 Å². The molecule has 0 bridgehead atoms. The van der Waals surface area contributed by atoms with E-state index < -0.39 is 27.5 Å². The van der Waals surface area contributed by atoms with Crippen LogP contribution in [0.25, 0.3) is 0 Å². The number of para-hydroxylation sites is 2. The summed E-state index contributed by atoms with van der Waals surface area (Å²) in [6.45, 7) is -0.493. The van der Waals surface area contributed by atoms with Crippen molar-refractivity contribution in [2.75, 3.05) is 33.1 Å². The first-order valence-corrected chi connectivity index (χ1v) is 9.37. The lowest BCUT2D eigenvalue weighted by atomic mass is 10.3. The van der Waals surface area contributed by atoms with Crippen LogP contribution in [-0.2, 0) is 14.8 Å². The summed E-state index contributed by atoms with van der Waals surface area (Å²) in [5.41, 5.74) is -0.0588. The molecule has 28 heavy (non-hydrogen) atoms. The largest absolute Gasteiger partial charge is 0.495 e. The van der Waals surface area contributed by atoms with Crippen molar-refractivity contribution in [3.05, 3.63) is 52.6 Å². The van der Waals surface area contributed by atoms with E-state index in [0.717, 1.165) is 4.31 Å². The highest BCUT2D eigenvalue weighted by Gasteiger charge is 2.23. The second-order valence-electron chi connectivity index (χ2n) is 5.71. The molecule has 2 aromatic rings. The number of amides is 1. The Morgan fingerprint density at radius 2 is 1.86 bits per heavy atom. The topological polar surface area (TPSA) is 128 Å². The van der Waals surface area contributed by atoms with Crippen LogP contribution in [0.1, 0.15) is 0 Å². The van der Waals surface area contributed by atoms with E-state index in [1.54, 1.807) is 6.07 Å². The first-order chi connectivity index (χ1) is 13.2. The van der Waals surface area contributed by atoms with E-state index in [9.17, 15) is 23.3 Å². The van der Waals surface area contributed by atoms with Crippen LogP contribution in [0.4, 0.5) is 11.4 Å². The van der Waals surface area contributed by atoms with Gasteiger partial charge >= 0.3 is 5.69 Å². The molecule has 11 heteroatoms. The lowest BCUT2D eigenvalue weighted by Crippen LogP contribution is -2.24. The van der Waals surface area contributed by atoms with Crippen LogP contribution < -0.4 is 14.8 Å². The molecule has 1 N–H and O–H groups in total. The molecule has 2 rings (SSSR count). The number of carbonyl (C=O) groups excluding carboxylic acids is 1. The average molecular weight is 409 g/mol. The number of nitro benzene ring substituents is 1. The van der Waals surface area contributed by atoms with E-state index in [2.05, 4.69) is 5.32 Å². The smallest absolute Gasteiger partial charge is 0.310 e. The third-order valence-corrected chi connectivity index (χ3v) is 5.46. The number of nitrogens with zero attached hydrogens (tertiary/aromatic N) is 2. The summed E-state index contributed by atoms with van der Waals surface area (Å²) in [6, 6.07) is 9.80. The third kappa shape index (κ3) is 4.75. The van der Waals surface area contributed by atoms with Gasteiger partial charge in [0.1, 0.15) is 10.6 Å². The lowest BCUT2D eigenvalue weighted by Gasteiger charge is -2.16. The molecule has 2 aromatic carbocycles. The van der Waals surface area contributed by atoms with Crippen LogP contribution >= 0.6 is 0 Å². The fourth-order valence-corrected chi connectivity index (χ4v) is 3.30. The van der Waals surface area contributed by atoms with Crippen molar-refractivity contribution >= 4 is 27.3 Å². The Bertz CT molecular complexity index is 990. The number of nitrogens with one attached hydrogen (secondary N) is 1. The molecular weight excluding hydrogens is 390 g/mol. The van der Waals surface area contributed by atoms with Gasteiger partial charge in [0.2, 0.25) is 10.0 Å². The normalized spacial score (nSPS) is 11.1. The summed E-state index contributed by atoms with van der Waals surface area (Å²) < 4.78 is 36.1. The molecule has 0 aliphatic rings. The Kier molecular flexibility index (Phi) is 6.54. The summed E-state index contributed by atoms with van der Waals surface area (Å²) in [5, 5.41) is 13.4. The minimum atomic E-state index is -3.80. The minimum Gasteiger partial charge on any atom is -0.495 e. The summed E-state index contributed by atoms with van der Waals surface area (Å²) >= 11 is 0. The molecule has 0 saturated carbocycles. The molecule has 0 aromatic heterocycles. The molecule has 0 radical (unpaired) electrons. The van der Waals surface area contributed by atoms with E-state index in [4.69, 9.17) is 9.47 Å². The maximum Gasteiger partial charge on any atom is 0.310 e. The van der Waals surface area contributed by atoms with Gasteiger partial charge < -0.3 is 14.8 Å². The van der Waals surface area contributed by atoms with Crippen LogP contribution in [0.3, 0.4) is 0 Å². The number of carbonyl (C=O) groups is 1. The van der Waals surface area contributed by atoms with Crippen LogP contribution in [-0.4, -0.2) is 51.4 Å². The number of sulfonamides is 1. The number of nitro groups is 1. The van der Waals surface area contributed by atoms with Crippen molar-refractivity contribution in [2.45, 2.75) is 4.90 Å². The molecule has 0 fully saturated rings. The van der Waals surface area contributed by atoms with Crippen molar-refractivity contribution in [3.8, 4) is 11.5 Å². The maximum atomic E-state index is 12.4. The SMILES string of the molecule is COc1ccc(NC(=O)COc2ccccc2[N+](=O)[O-])cc1S(=O)(=O)N(C)C. The molecule has 0 saturated heterocycles. The first-order valence-electron chi connectivity index (χ1n) is 7.93. The predicted octanol–water partition coefficient (Wildman–Crippen LogP) is 1.87. The highest BCUT2D eigenvalue weighted by atomic mass is 32.2.